The molecular formula is C12H16N2O5S. The molecule has 8 heteroatoms. The lowest BCUT2D eigenvalue weighted by atomic mass is 10.2. The number of esters is 1. The molecule has 1 atom stereocenters. The Morgan fingerprint density at radius 1 is 1.40 bits per heavy atom. The summed E-state index contributed by atoms with van der Waals surface area (Å²) in [5.41, 5.74) is 5.00. The highest BCUT2D eigenvalue weighted by atomic mass is 32.2. The summed E-state index contributed by atoms with van der Waals surface area (Å²) in [6.07, 6.45) is -1.09. The molecule has 0 bridgehead atoms. The van der Waals surface area contributed by atoms with Crippen molar-refractivity contribution in [1.29, 1.82) is 0 Å². The molecule has 0 radical (unpaired) electrons. The van der Waals surface area contributed by atoms with E-state index in [1.807, 2.05) is 0 Å². The van der Waals surface area contributed by atoms with Gasteiger partial charge in [0.1, 0.15) is 0 Å². The van der Waals surface area contributed by atoms with E-state index in [-0.39, 0.29) is 17.0 Å². The van der Waals surface area contributed by atoms with Gasteiger partial charge in [0.2, 0.25) is 10.0 Å². The third kappa shape index (κ3) is 4.04. The fourth-order valence-electron chi connectivity index (χ4n) is 1.35. The maximum absolute atomic E-state index is 11.8. The van der Waals surface area contributed by atoms with Crippen LogP contribution in [0.5, 0.6) is 0 Å². The Labute approximate surface area is 117 Å². The minimum Gasteiger partial charge on any atom is -0.449 e. The van der Waals surface area contributed by atoms with Crippen molar-refractivity contribution in [3.63, 3.8) is 0 Å². The van der Waals surface area contributed by atoms with Crippen molar-refractivity contribution >= 4 is 21.9 Å². The highest BCUT2D eigenvalue weighted by molar-refractivity contribution is 7.89. The van der Waals surface area contributed by atoms with E-state index in [0.717, 1.165) is 0 Å². The number of ether oxygens (including phenoxy) is 1. The van der Waals surface area contributed by atoms with E-state index in [0.29, 0.717) is 0 Å². The van der Waals surface area contributed by atoms with Crippen molar-refractivity contribution in [3.8, 4) is 0 Å². The zero-order valence-corrected chi connectivity index (χ0v) is 11.9. The first-order chi connectivity index (χ1) is 9.27. The first-order valence-corrected chi connectivity index (χ1v) is 7.36. The van der Waals surface area contributed by atoms with Crippen LogP contribution in [0.1, 0.15) is 24.2 Å². The van der Waals surface area contributed by atoms with Crippen LogP contribution in [-0.2, 0) is 19.6 Å². The standard InChI is InChI=1S/C12H16N2O5S/c1-3-14-20(17,18)10-6-4-5-9(7-10)12(16)19-8(2)11(13)15/h4-8,14H,3H2,1-2H3,(H2,13,15). The molecule has 1 aromatic carbocycles. The molecule has 0 saturated heterocycles. The second kappa shape index (κ2) is 6.49. The van der Waals surface area contributed by atoms with Crippen LogP contribution < -0.4 is 10.5 Å². The van der Waals surface area contributed by atoms with E-state index in [4.69, 9.17) is 10.5 Å². The van der Waals surface area contributed by atoms with Crippen LogP contribution in [0.4, 0.5) is 0 Å². The fourth-order valence-corrected chi connectivity index (χ4v) is 2.44. The number of nitrogens with one attached hydrogen (secondary N) is 1. The van der Waals surface area contributed by atoms with Gasteiger partial charge in [0.15, 0.2) is 6.10 Å². The van der Waals surface area contributed by atoms with Gasteiger partial charge < -0.3 is 10.5 Å². The van der Waals surface area contributed by atoms with Crippen molar-refractivity contribution < 1.29 is 22.7 Å². The highest BCUT2D eigenvalue weighted by Gasteiger charge is 2.19. The Balaban J connectivity index is 2.99. The second-order valence-electron chi connectivity index (χ2n) is 3.98. The summed E-state index contributed by atoms with van der Waals surface area (Å²) in [6, 6.07) is 5.33. The van der Waals surface area contributed by atoms with E-state index in [1.54, 1.807) is 6.92 Å². The topological polar surface area (TPSA) is 116 Å². The summed E-state index contributed by atoms with van der Waals surface area (Å²) in [5.74, 6) is -1.60. The maximum Gasteiger partial charge on any atom is 0.338 e. The number of carbonyl (C=O) groups is 2. The van der Waals surface area contributed by atoms with Crippen LogP contribution in [0.2, 0.25) is 0 Å². The molecule has 0 aliphatic carbocycles. The van der Waals surface area contributed by atoms with E-state index >= 15 is 0 Å². The molecule has 20 heavy (non-hydrogen) atoms. The van der Waals surface area contributed by atoms with Crippen LogP contribution in [0, 0.1) is 0 Å². The summed E-state index contributed by atoms with van der Waals surface area (Å²) >= 11 is 0. The summed E-state index contributed by atoms with van der Waals surface area (Å²) in [4.78, 5) is 22.5. The Hall–Kier alpha value is -1.93. The average Bonchev–Trinajstić information content (AvgIpc) is 2.38. The zero-order valence-electron chi connectivity index (χ0n) is 11.1. The predicted octanol–water partition coefficient (Wildman–Crippen LogP) is 0.0154. The molecule has 1 rings (SSSR count). The number of sulfonamides is 1. The van der Waals surface area contributed by atoms with Gasteiger partial charge in [-0.3, -0.25) is 4.79 Å². The summed E-state index contributed by atoms with van der Waals surface area (Å²) in [6.45, 7) is 3.21. The molecule has 0 fully saturated rings. The molecule has 0 aliphatic rings. The highest BCUT2D eigenvalue weighted by Crippen LogP contribution is 2.13. The zero-order chi connectivity index (χ0) is 15.3. The van der Waals surface area contributed by atoms with Gasteiger partial charge in [-0.2, -0.15) is 0 Å². The predicted molar refractivity (Wildman–Crippen MR) is 71.4 cm³/mol. The van der Waals surface area contributed by atoms with Crippen molar-refractivity contribution in [2.24, 2.45) is 5.73 Å². The molecule has 0 spiro atoms. The molecular weight excluding hydrogens is 284 g/mol. The number of rotatable bonds is 6. The van der Waals surface area contributed by atoms with Crippen molar-refractivity contribution in [2.75, 3.05) is 6.54 Å². The molecule has 1 unspecified atom stereocenters. The molecule has 0 heterocycles. The molecule has 3 N–H and O–H groups in total. The van der Waals surface area contributed by atoms with Gasteiger partial charge in [-0.25, -0.2) is 17.9 Å². The van der Waals surface area contributed by atoms with E-state index in [9.17, 15) is 18.0 Å². The molecule has 0 aromatic heterocycles. The quantitative estimate of drug-likeness (QED) is 0.718. The molecule has 1 aromatic rings. The second-order valence-corrected chi connectivity index (χ2v) is 5.75. The number of benzene rings is 1. The molecule has 0 aliphatic heterocycles. The Kier molecular flexibility index (Phi) is 5.23. The number of hydrogen-bond donors (Lipinski definition) is 2. The van der Waals surface area contributed by atoms with Crippen LogP contribution in [0.15, 0.2) is 29.2 Å². The van der Waals surface area contributed by atoms with Gasteiger partial charge in [0, 0.05) is 6.54 Å². The van der Waals surface area contributed by atoms with Gasteiger partial charge in [-0.1, -0.05) is 13.0 Å². The molecule has 7 nitrogen and oxygen atoms in total. The van der Waals surface area contributed by atoms with Gasteiger partial charge in [0.25, 0.3) is 5.91 Å². The SMILES string of the molecule is CCNS(=O)(=O)c1cccc(C(=O)OC(C)C(N)=O)c1. The van der Waals surface area contributed by atoms with Crippen molar-refractivity contribution in [2.45, 2.75) is 24.8 Å². The van der Waals surface area contributed by atoms with Crippen LogP contribution in [-0.4, -0.2) is 32.9 Å². The summed E-state index contributed by atoms with van der Waals surface area (Å²) in [5, 5.41) is 0. The van der Waals surface area contributed by atoms with Crippen LogP contribution >= 0.6 is 0 Å². The van der Waals surface area contributed by atoms with E-state index < -0.39 is 28.0 Å². The third-order valence-electron chi connectivity index (χ3n) is 2.40. The minimum absolute atomic E-state index is 0.0251. The van der Waals surface area contributed by atoms with E-state index in [2.05, 4.69) is 4.72 Å². The Morgan fingerprint density at radius 3 is 2.60 bits per heavy atom. The lowest BCUT2D eigenvalue weighted by Gasteiger charge is -2.10. The largest absolute Gasteiger partial charge is 0.449 e. The lowest BCUT2D eigenvalue weighted by Crippen LogP contribution is -2.30. The Bertz CT molecular complexity index is 612. The number of amides is 1. The third-order valence-corrected chi connectivity index (χ3v) is 3.94. The van der Waals surface area contributed by atoms with Crippen LogP contribution in [0.3, 0.4) is 0 Å². The normalized spacial score (nSPS) is 12.7. The maximum atomic E-state index is 11.8. The molecule has 110 valence electrons. The summed E-state index contributed by atoms with van der Waals surface area (Å²) in [7, 11) is -3.66. The van der Waals surface area contributed by atoms with Gasteiger partial charge >= 0.3 is 5.97 Å². The number of primary amides is 1. The number of carbonyl (C=O) groups excluding carboxylic acids is 2. The van der Waals surface area contributed by atoms with Crippen molar-refractivity contribution in [1.82, 2.24) is 4.72 Å². The van der Waals surface area contributed by atoms with E-state index in [1.165, 1.54) is 31.2 Å². The monoisotopic (exact) mass is 300 g/mol. The number of nitrogens with two attached hydrogens (primary N) is 1. The van der Waals surface area contributed by atoms with Gasteiger partial charge in [-0.15, -0.1) is 0 Å². The first kappa shape index (κ1) is 16.1. The Morgan fingerprint density at radius 2 is 2.05 bits per heavy atom. The first-order valence-electron chi connectivity index (χ1n) is 5.88. The smallest absolute Gasteiger partial charge is 0.338 e. The molecule has 1 amide bonds. The number of hydrogen-bond acceptors (Lipinski definition) is 5. The fraction of sp³-hybridized carbons (Fsp3) is 0.333. The minimum atomic E-state index is -3.66. The van der Waals surface area contributed by atoms with Gasteiger partial charge in [0.05, 0.1) is 10.5 Å². The average molecular weight is 300 g/mol. The molecule has 0 saturated carbocycles. The lowest BCUT2D eigenvalue weighted by molar-refractivity contribution is -0.125. The van der Waals surface area contributed by atoms with Gasteiger partial charge in [-0.05, 0) is 25.1 Å². The van der Waals surface area contributed by atoms with Crippen LogP contribution in [0.25, 0.3) is 0 Å². The van der Waals surface area contributed by atoms with Crippen molar-refractivity contribution in [3.05, 3.63) is 29.8 Å². The summed E-state index contributed by atoms with van der Waals surface area (Å²) < 4.78 is 30.7.